The first-order valence-electron chi connectivity index (χ1n) is 3.08. The lowest BCUT2D eigenvalue weighted by Crippen LogP contribution is -2.22. The second-order valence-corrected chi connectivity index (χ2v) is 2.22. The molecule has 1 unspecified atom stereocenters. The summed E-state index contributed by atoms with van der Waals surface area (Å²) in [5.41, 5.74) is 0.304. The van der Waals surface area contributed by atoms with Gasteiger partial charge in [0.25, 0.3) is 0 Å². The number of aliphatic carboxylic acids is 1. The summed E-state index contributed by atoms with van der Waals surface area (Å²) in [4.78, 5) is 10.3. The maximum atomic E-state index is 10.3. The third kappa shape index (κ3) is 1.37. The predicted molar refractivity (Wildman–Crippen MR) is 37.5 cm³/mol. The van der Waals surface area contributed by atoms with Gasteiger partial charge in [-0.15, -0.1) is 0 Å². The zero-order valence-corrected chi connectivity index (χ0v) is 5.66. The fourth-order valence-corrected chi connectivity index (χ4v) is 0.706. The first kappa shape index (κ1) is 6.86. The molecule has 0 spiro atoms. The van der Waals surface area contributed by atoms with Crippen molar-refractivity contribution in [2.75, 3.05) is 0 Å². The van der Waals surface area contributed by atoms with E-state index in [0.717, 1.165) is 0 Å². The Morgan fingerprint density at radius 1 is 1.80 bits per heavy atom. The van der Waals surface area contributed by atoms with Crippen LogP contribution in [0.4, 0.5) is 0 Å². The third-order valence-corrected chi connectivity index (χ3v) is 1.31. The molecule has 0 aromatic carbocycles. The zero-order valence-electron chi connectivity index (χ0n) is 5.66. The molecule has 0 bridgehead atoms. The number of nitrogens with one attached hydrogen (secondary N) is 1. The molecule has 0 aromatic heterocycles. The minimum absolute atomic E-state index is 0.239. The molecule has 0 aliphatic carbocycles. The maximum Gasteiger partial charge on any atom is 0.337 e. The van der Waals surface area contributed by atoms with Gasteiger partial charge in [-0.1, -0.05) is 6.08 Å². The van der Waals surface area contributed by atoms with Crippen LogP contribution in [0.15, 0.2) is 23.9 Å². The normalized spacial score (nSPS) is 23.3. The van der Waals surface area contributed by atoms with Crippen molar-refractivity contribution in [1.82, 2.24) is 5.32 Å². The standard InChI is InChI=1S/C7H9NO2/c1-5-2-3-6(4-8-5)7(9)10/h2-5,8H,1H3,(H,9,10). The average molecular weight is 139 g/mol. The van der Waals surface area contributed by atoms with Crippen molar-refractivity contribution in [3.05, 3.63) is 23.9 Å². The lowest BCUT2D eigenvalue weighted by atomic mass is 10.1. The van der Waals surface area contributed by atoms with Gasteiger partial charge < -0.3 is 10.4 Å². The topological polar surface area (TPSA) is 49.3 Å². The van der Waals surface area contributed by atoms with Crippen LogP contribution in [0.2, 0.25) is 0 Å². The van der Waals surface area contributed by atoms with E-state index in [9.17, 15) is 4.79 Å². The van der Waals surface area contributed by atoms with Crippen molar-refractivity contribution in [3.8, 4) is 0 Å². The van der Waals surface area contributed by atoms with Gasteiger partial charge in [0.05, 0.1) is 5.57 Å². The summed E-state index contributed by atoms with van der Waals surface area (Å²) >= 11 is 0. The van der Waals surface area contributed by atoms with Gasteiger partial charge in [-0.05, 0) is 13.0 Å². The van der Waals surface area contributed by atoms with Crippen molar-refractivity contribution in [2.24, 2.45) is 0 Å². The molecule has 10 heavy (non-hydrogen) atoms. The van der Waals surface area contributed by atoms with Crippen LogP contribution >= 0.6 is 0 Å². The summed E-state index contributed by atoms with van der Waals surface area (Å²) in [6.07, 6.45) is 4.92. The van der Waals surface area contributed by atoms with Gasteiger partial charge in [0.15, 0.2) is 0 Å². The fourth-order valence-electron chi connectivity index (χ4n) is 0.706. The van der Waals surface area contributed by atoms with Crippen LogP contribution in [-0.4, -0.2) is 17.1 Å². The summed E-state index contributed by atoms with van der Waals surface area (Å²) in [5, 5.41) is 11.3. The van der Waals surface area contributed by atoms with E-state index in [2.05, 4.69) is 5.32 Å². The number of dihydropyridines is 1. The number of hydrogen-bond donors (Lipinski definition) is 2. The highest BCUT2D eigenvalue weighted by Gasteiger charge is 2.07. The van der Waals surface area contributed by atoms with Crippen LogP contribution in [0.25, 0.3) is 0 Å². The lowest BCUT2D eigenvalue weighted by molar-refractivity contribution is -0.132. The molecular formula is C7H9NO2. The molecule has 1 heterocycles. The van der Waals surface area contributed by atoms with Crippen LogP contribution in [0.1, 0.15) is 6.92 Å². The van der Waals surface area contributed by atoms with Gasteiger partial charge in [0.2, 0.25) is 0 Å². The second kappa shape index (κ2) is 2.56. The first-order chi connectivity index (χ1) is 4.70. The van der Waals surface area contributed by atoms with Gasteiger partial charge in [-0.25, -0.2) is 4.79 Å². The molecule has 1 atom stereocenters. The van der Waals surface area contributed by atoms with Crippen LogP contribution in [0.5, 0.6) is 0 Å². The number of carboxylic acids is 1. The fraction of sp³-hybridized carbons (Fsp3) is 0.286. The van der Waals surface area contributed by atoms with Gasteiger partial charge in [0.1, 0.15) is 0 Å². The van der Waals surface area contributed by atoms with E-state index in [1.165, 1.54) is 6.20 Å². The van der Waals surface area contributed by atoms with Crippen molar-refractivity contribution in [3.63, 3.8) is 0 Å². The highest BCUT2D eigenvalue weighted by atomic mass is 16.4. The van der Waals surface area contributed by atoms with Gasteiger partial charge in [0, 0.05) is 12.2 Å². The van der Waals surface area contributed by atoms with Gasteiger partial charge >= 0.3 is 5.97 Å². The molecule has 0 radical (unpaired) electrons. The molecule has 3 heteroatoms. The summed E-state index contributed by atoms with van der Waals surface area (Å²) < 4.78 is 0. The van der Waals surface area contributed by atoms with Crippen molar-refractivity contribution >= 4 is 5.97 Å². The van der Waals surface area contributed by atoms with E-state index in [4.69, 9.17) is 5.11 Å². The Bertz CT molecular complexity index is 206. The lowest BCUT2D eigenvalue weighted by Gasteiger charge is -2.11. The van der Waals surface area contributed by atoms with Crippen LogP contribution in [-0.2, 0) is 4.79 Å². The van der Waals surface area contributed by atoms with Crippen LogP contribution < -0.4 is 5.32 Å². The number of carbonyl (C=O) groups is 1. The minimum atomic E-state index is -0.893. The molecule has 0 aromatic rings. The monoisotopic (exact) mass is 139 g/mol. The van der Waals surface area contributed by atoms with E-state index in [1.54, 1.807) is 6.08 Å². The van der Waals surface area contributed by atoms with E-state index in [1.807, 2.05) is 13.0 Å². The molecule has 0 fully saturated rings. The van der Waals surface area contributed by atoms with Gasteiger partial charge in [-0.2, -0.15) is 0 Å². The molecule has 0 saturated heterocycles. The highest BCUT2D eigenvalue weighted by molar-refractivity contribution is 5.89. The molecule has 1 aliphatic rings. The van der Waals surface area contributed by atoms with Gasteiger partial charge in [-0.3, -0.25) is 0 Å². The van der Waals surface area contributed by atoms with Crippen molar-refractivity contribution in [1.29, 1.82) is 0 Å². The Labute approximate surface area is 59.0 Å². The van der Waals surface area contributed by atoms with E-state index >= 15 is 0 Å². The third-order valence-electron chi connectivity index (χ3n) is 1.31. The summed E-state index contributed by atoms with van der Waals surface area (Å²) in [6, 6.07) is 0.239. The first-order valence-corrected chi connectivity index (χ1v) is 3.08. The highest BCUT2D eigenvalue weighted by Crippen LogP contribution is 2.02. The molecule has 2 N–H and O–H groups in total. The summed E-state index contributed by atoms with van der Waals surface area (Å²) in [7, 11) is 0. The second-order valence-electron chi connectivity index (χ2n) is 2.22. The molecule has 0 amide bonds. The summed E-state index contributed by atoms with van der Waals surface area (Å²) in [5.74, 6) is -0.893. The Balaban J connectivity index is 2.67. The summed E-state index contributed by atoms with van der Waals surface area (Å²) in [6.45, 7) is 1.95. The van der Waals surface area contributed by atoms with Crippen LogP contribution in [0, 0.1) is 0 Å². The predicted octanol–water partition coefficient (Wildman–Crippen LogP) is 0.503. The maximum absolute atomic E-state index is 10.3. The molecule has 3 nitrogen and oxygen atoms in total. The quantitative estimate of drug-likeness (QED) is 0.556. The Morgan fingerprint density at radius 3 is 2.90 bits per heavy atom. The molecule has 1 aliphatic heterocycles. The smallest absolute Gasteiger partial charge is 0.337 e. The van der Waals surface area contributed by atoms with E-state index in [-0.39, 0.29) is 6.04 Å². The molecule has 54 valence electrons. The SMILES string of the molecule is CC1C=CC(C(=O)O)=CN1. The van der Waals surface area contributed by atoms with Crippen molar-refractivity contribution in [2.45, 2.75) is 13.0 Å². The average Bonchev–Trinajstić information content (AvgIpc) is 1.88. The molecule has 1 rings (SSSR count). The van der Waals surface area contributed by atoms with Crippen LogP contribution in [0.3, 0.4) is 0 Å². The zero-order chi connectivity index (χ0) is 7.56. The Morgan fingerprint density at radius 2 is 2.50 bits per heavy atom. The molecular weight excluding hydrogens is 130 g/mol. The Hall–Kier alpha value is -1.25. The van der Waals surface area contributed by atoms with E-state index in [0.29, 0.717) is 5.57 Å². The number of rotatable bonds is 1. The van der Waals surface area contributed by atoms with Crippen molar-refractivity contribution < 1.29 is 9.90 Å². The number of carboxylic acid groups (broad SMARTS) is 1. The number of hydrogen-bond acceptors (Lipinski definition) is 2. The Kier molecular flexibility index (Phi) is 1.76. The molecule has 0 saturated carbocycles. The minimum Gasteiger partial charge on any atom is -0.478 e. The van der Waals surface area contributed by atoms with E-state index < -0.39 is 5.97 Å². The largest absolute Gasteiger partial charge is 0.478 e.